The van der Waals surface area contributed by atoms with Crippen molar-refractivity contribution in [2.45, 2.75) is 39.3 Å². The van der Waals surface area contributed by atoms with E-state index in [1.165, 1.54) is 0 Å². The number of halogens is 4. The summed E-state index contributed by atoms with van der Waals surface area (Å²) in [5.74, 6) is 0. The Morgan fingerprint density at radius 1 is 1.13 bits per heavy atom. The molecule has 0 aromatic heterocycles. The van der Waals surface area contributed by atoms with Crippen molar-refractivity contribution in [1.29, 1.82) is 0 Å². The van der Waals surface area contributed by atoms with Crippen LogP contribution in [0.4, 0.5) is 13.2 Å². The minimum Gasteiger partial charge on any atom is -0.372 e. The number of hydrogen-bond acceptors (Lipinski definition) is 1. The van der Waals surface area contributed by atoms with Crippen LogP contribution in [0.5, 0.6) is 0 Å². The van der Waals surface area contributed by atoms with Gasteiger partial charge in [0, 0.05) is 11.9 Å². The van der Waals surface area contributed by atoms with E-state index in [0.717, 1.165) is 18.2 Å². The molecule has 0 radical (unpaired) electrons. The van der Waals surface area contributed by atoms with E-state index in [0.29, 0.717) is 6.42 Å². The van der Waals surface area contributed by atoms with Gasteiger partial charge in [0.2, 0.25) is 0 Å². The summed E-state index contributed by atoms with van der Waals surface area (Å²) in [6.07, 6.45) is -1.65. The van der Waals surface area contributed by atoms with E-state index in [2.05, 4.69) is 34.5 Å². The molecule has 0 fully saturated rings. The van der Waals surface area contributed by atoms with Gasteiger partial charge in [-0.05, 0) is 24.7 Å². The summed E-state index contributed by atoms with van der Waals surface area (Å²) in [4.78, 5) is 0. The molecule has 92 valence electrons. The zero-order chi connectivity index (χ0) is 11.9. The van der Waals surface area contributed by atoms with Crippen LogP contribution >= 0.6 is 15.9 Å². The summed E-state index contributed by atoms with van der Waals surface area (Å²) in [7, 11) is 0. The Hall–Kier alpha value is 0.230. The fraction of sp³-hybridized carbons (Fsp3) is 1.00. The molecular weight excluding hydrogens is 273 g/mol. The normalized spacial score (nSPS) is 13.2. The fourth-order valence-electron chi connectivity index (χ4n) is 1.34. The van der Waals surface area contributed by atoms with Crippen LogP contribution < -0.4 is 0 Å². The lowest BCUT2D eigenvalue weighted by Gasteiger charge is -2.29. The Morgan fingerprint density at radius 2 is 1.67 bits per heavy atom. The van der Waals surface area contributed by atoms with E-state index in [1.54, 1.807) is 0 Å². The summed E-state index contributed by atoms with van der Waals surface area (Å²) < 4.78 is 40.0. The Labute approximate surface area is 97.5 Å². The third kappa shape index (κ3) is 6.40. The van der Waals surface area contributed by atoms with Crippen molar-refractivity contribution in [3.05, 3.63) is 0 Å². The summed E-state index contributed by atoms with van der Waals surface area (Å²) in [6, 6.07) is 0. The van der Waals surface area contributed by atoms with E-state index in [1.807, 2.05) is 0 Å². The van der Waals surface area contributed by atoms with E-state index >= 15 is 0 Å². The molecule has 0 atom stereocenters. The third-order valence-electron chi connectivity index (χ3n) is 2.83. The maximum absolute atomic E-state index is 11.8. The van der Waals surface area contributed by atoms with Crippen molar-refractivity contribution in [1.82, 2.24) is 0 Å². The molecule has 0 aliphatic heterocycles. The zero-order valence-electron chi connectivity index (χ0n) is 9.16. The van der Waals surface area contributed by atoms with Crippen molar-refractivity contribution in [2.24, 2.45) is 5.41 Å². The summed E-state index contributed by atoms with van der Waals surface area (Å²) >= 11 is 3.41. The SMILES string of the molecule is CCC(CC)(CBr)CCOCC(F)(F)F. The lowest BCUT2D eigenvalue weighted by Crippen LogP contribution is -2.25. The van der Waals surface area contributed by atoms with Gasteiger partial charge in [-0.25, -0.2) is 0 Å². The quantitative estimate of drug-likeness (QED) is 0.505. The van der Waals surface area contributed by atoms with Crippen LogP contribution in [0.1, 0.15) is 33.1 Å². The molecule has 5 heteroatoms. The predicted molar refractivity (Wildman–Crippen MR) is 58.3 cm³/mol. The molecule has 0 aliphatic rings. The lowest BCUT2D eigenvalue weighted by atomic mass is 9.82. The molecule has 0 saturated carbocycles. The van der Waals surface area contributed by atoms with Crippen LogP contribution in [0.15, 0.2) is 0 Å². The van der Waals surface area contributed by atoms with E-state index in [4.69, 9.17) is 0 Å². The highest BCUT2D eigenvalue weighted by Gasteiger charge is 2.29. The van der Waals surface area contributed by atoms with Crippen LogP contribution in [0.3, 0.4) is 0 Å². The minimum atomic E-state index is -4.21. The average molecular weight is 291 g/mol. The van der Waals surface area contributed by atoms with Gasteiger partial charge in [-0.2, -0.15) is 13.2 Å². The Kier molecular flexibility index (Phi) is 6.84. The van der Waals surface area contributed by atoms with Gasteiger partial charge < -0.3 is 4.74 Å². The lowest BCUT2D eigenvalue weighted by molar-refractivity contribution is -0.175. The summed E-state index contributed by atoms with van der Waals surface area (Å²) in [5.41, 5.74) is 0.0750. The maximum atomic E-state index is 11.8. The van der Waals surface area contributed by atoms with Crippen LogP contribution in [-0.2, 0) is 4.74 Å². The first-order valence-electron chi connectivity index (χ1n) is 5.09. The molecule has 0 aliphatic carbocycles. The monoisotopic (exact) mass is 290 g/mol. The molecule has 0 amide bonds. The Morgan fingerprint density at radius 3 is 2.00 bits per heavy atom. The van der Waals surface area contributed by atoms with Gasteiger partial charge in [0.1, 0.15) is 6.61 Å². The van der Waals surface area contributed by atoms with Gasteiger partial charge in [-0.15, -0.1) is 0 Å². The first kappa shape index (κ1) is 15.2. The molecule has 1 nitrogen and oxygen atoms in total. The first-order chi connectivity index (χ1) is 6.89. The van der Waals surface area contributed by atoms with Crippen LogP contribution in [0, 0.1) is 5.41 Å². The number of hydrogen-bond donors (Lipinski definition) is 0. The topological polar surface area (TPSA) is 9.23 Å². The Balaban J connectivity index is 3.82. The highest BCUT2D eigenvalue weighted by molar-refractivity contribution is 9.09. The molecule has 0 aromatic rings. The highest BCUT2D eigenvalue weighted by atomic mass is 79.9. The minimum absolute atomic E-state index is 0.0750. The zero-order valence-corrected chi connectivity index (χ0v) is 10.7. The second-order valence-electron chi connectivity index (χ2n) is 3.76. The smallest absolute Gasteiger partial charge is 0.372 e. The van der Waals surface area contributed by atoms with Crippen molar-refractivity contribution in [3.63, 3.8) is 0 Å². The summed E-state index contributed by atoms with van der Waals surface area (Å²) in [5, 5.41) is 0.808. The molecule has 0 saturated heterocycles. The van der Waals surface area contributed by atoms with Crippen LogP contribution in [0.2, 0.25) is 0 Å². The summed E-state index contributed by atoms with van der Waals surface area (Å²) in [6.45, 7) is 3.13. The molecule has 0 rings (SSSR count). The van der Waals surface area contributed by atoms with E-state index in [-0.39, 0.29) is 12.0 Å². The maximum Gasteiger partial charge on any atom is 0.411 e. The van der Waals surface area contributed by atoms with E-state index in [9.17, 15) is 13.2 Å². The molecule has 15 heavy (non-hydrogen) atoms. The second-order valence-corrected chi connectivity index (χ2v) is 4.32. The van der Waals surface area contributed by atoms with Gasteiger partial charge in [0.25, 0.3) is 0 Å². The molecule has 0 bridgehead atoms. The number of alkyl halides is 4. The van der Waals surface area contributed by atoms with Gasteiger partial charge >= 0.3 is 6.18 Å². The second kappa shape index (κ2) is 6.74. The van der Waals surface area contributed by atoms with Gasteiger partial charge in [-0.1, -0.05) is 29.8 Å². The van der Waals surface area contributed by atoms with Crippen molar-refractivity contribution >= 4 is 15.9 Å². The van der Waals surface area contributed by atoms with Crippen LogP contribution in [-0.4, -0.2) is 24.7 Å². The van der Waals surface area contributed by atoms with Gasteiger partial charge in [0.15, 0.2) is 0 Å². The average Bonchev–Trinajstić information content (AvgIpc) is 2.18. The fourth-order valence-corrected chi connectivity index (χ4v) is 2.41. The van der Waals surface area contributed by atoms with Crippen molar-refractivity contribution < 1.29 is 17.9 Å². The van der Waals surface area contributed by atoms with E-state index < -0.39 is 12.8 Å². The molecule has 0 unspecified atom stereocenters. The van der Waals surface area contributed by atoms with Crippen molar-refractivity contribution in [2.75, 3.05) is 18.5 Å². The third-order valence-corrected chi connectivity index (χ3v) is 4.02. The molecule has 0 N–H and O–H groups in total. The Bertz CT molecular complexity index is 158. The number of rotatable bonds is 7. The van der Waals surface area contributed by atoms with Gasteiger partial charge in [-0.3, -0.25) is 0 Å². The first-order valence-corrected chi connectivity index (χ1v) is 6.22. The molecule has 0 heterocycles. The van der Waals surface area contributed by atoms with Crippen LogP contribution in [0.25, 0.3) is 0 Å². The molecule has 0 aromatic carbocycles. The molecular formula is C10H18BrF3O. The largest absolute Gasteiger partial charge is 0.411 e. The number of ether oxygens (including phenoxy) is 1. The standard InChI is InChI=1S/C10H18BrF3O/c1-3-9(4-2,7-11)5-6-15-8-10(12,13)14/h3-8H2,1-2H3. The predicted octanol–water partition coefficient (Wildman–Crippen LogP) is 4.16. The molecule has 0 spiro atoms. The van der Waals surface area contributed by atoms with Gasteiger partial charge in [0.05, 0.1) is 0 Å². The highest BCUT2D eigenvalue weighted by Crippen LogP contribution is 2.32. The van der Waals surface area contributed by atoms with Crippen molar-refractivity contribution in [3.8, 4) is 0 Å².